The van der Waals surface area contributed by atoms with E-state index in [4.69, 9.17) is 14.1 Å². The van der Waals surface area contributed by atoms with Crippen LogP contribution in [0.1, 0.15) is 0 Å². The number of nitrogens with zero attached hydrogens (tertiary/aromatic N) is 3. The molecule has 0 radical (unpaired) electrons. The first-order valence-electron chi connectivity index (χ1n) is 18.9. The standard InChI is InChI=1S/C51H32FN3O2/c52-35-23-25-38(26-24-35)54(36-11-3-1-4-12-36)49-30-22-34(32-53-49)33-21-27-40-41-28-29-44(43-17-10-20-47(50(41)43)56-48(40)31-33)55(37-13-5-2-6-14-37)45-18-9-16-42-39-15-7-8-19-46(39)57-51(42)45/h1-32H. The van der Waals surface area contributed by atoms with Crippen LogP contribution in [0, 0.1) is 5.82 Å². The van der Waals surface area contributed by atoms with E-state index in [0.29, 0.717) is 0 Å². The number of aromatic nitrogens is 1. The summed E-state index contributed by atoms with van der Waals surface area (Å²) < 4.78 is 27.2. The number of ether oxygens (including phenoxy) is 1. The number of fused-ring (bicyclic) bond motifs is 5. The van der Waals surface area contributed by atoms with Crippen molar-refractivity contribution in [1.29, 1.82) is 0 Å². The molecule has 0 bridgehead atoms. The normalized spacial score (nSPS) is 11.7. The first-order chi connectivity index (χ1) is 28.2. The molecule has 0 amide bonds. The largest absolute Gasteiger partial charge is 0.456 e. The number of anilines is 6. The van der Waals surface area contributed by atoms with Crippen molar-refractivity contribution < 1.29 is 13.5 Å². The van der Waals surface area contributed by atoms with Gasteiger partial charge in [-0.1, -0.05) is 91.0 Å². The minimum Gasteiger partial charge on any atom is -0.456 e. The summed E-state index contributed by atoms with van der Waals surface area (Å²) in [6, 6.07) is 62.5. The zero-order valence-corrected chi connectivity index (χ0v) is 30.5. The summed E-state index contributed by atoms with van der Waals surface area (Å²) in [5.41, 5.74) is 10.5. The molecule has 1 aliphatic heterocycles. The van der Waals surface area contributed by atoms with E-state index in [0.717, 1.165) is 101 Å². The monoisotopic (exact) mass is 737 g/mol. The molecule has 10 aromatic rings. The Kier molecular flexibility index (Phi) is 7.60. The fraction of sp³-hybridized carbons (Fsp3) is 0. The van der Waals surface area contributed by atoms with Crippen LogP contribution in [0.5, 0.6) is 11.5 Å². The molecule has 0 unspecified atom stereocenters. The summed E-state index contributed by atoms with van der Waals surface area (Å²) in [4.78, 5) is 9.20. The van der Waals surface area contributed by atoms with Crippen molar-refractivity contribution in [1.82, 2.24) is 4.98 Å². The Bertz CT molecular complexity index is 3110. The number of pyridine rings is 1. The van der Waals surface area contributed by atoms with Crippen LogP contribution in [-0.4, -0.2) is 4.98 Å². The highest BCUT2D eigenvalue weighted by atomic mass is 19.1. The molecular weight excluding hydrogens is 706 g/mol. The molecule has 0 fully saturated rings. The highest BCUT2D eigenvalue weighted by Gasteiger charge is 2.26. The number of hydrogen-bond acceptors (Lipinski definition) is 5. The van der Waals surface area contributed by atoms with Gasteiger partial charge in [-0.15, -0.1) is 0 Å². The van der Waals surface area contributed by atoms with E-state index in [1.54, 1.807) is 12.1 Å². The third-order valence-corrected chi connectivity index (χ3v) is 10.8. The van der Waals surface area contributed by atoms with E-state index in [1.807, 2.05) is 71.8 Å². The van der Waals surface area contributed by atoms with Gasteiger partial charge in [0.1, 0.15) is 28.7 Å². The Hall–Kier alpha value is -7.70. The molecule has 0 aliphatic carbocycles. The Labute approximate surface area is 328 Å². The minimum absolute atomic E-state index is 0.282. The SMILES string of the molecule is Fc1ccc(N(c2ccccc2)c2ccc(-c3ccc4c(c3)Oc3cccc5c(N(c6ccccc6)c6cccc7c6oc6ccccc67)ccc-4c35)cn2)cc1. The smallest absolute Gasteiger partial charge is 0.159 e. The number of furan rings is 1. The number of hydrogen-bond donors (Lipinski definition) is 0. The van der Waals surface area contributed by atoms with Crippen molar-refractivity contribution in [2.75, 3.05) is 9.80 Å². The van der Waals surface area contributed by atoms with E-state index in [2.05, 4.69) is 108 Å². The molecule has 8 aromatic carbocycles. The van der Waals surface area contributed by atoms with E-state index in [1.165, 1.54) is 12.1 Å². The van der Waals surface area contributed by atoms with E-state index in [-0.39, 0.29) is 5.82 Å². The quantitative estimate of drug-likeness (QED) is 0.163. The molecule has 0 N–H and O–H groups in total. The lowest BCUT2D eigenvalue weighted by molar-refractivity contribution is 0.487. The second-order valence-electron chi connectivity index (χ2n) is 14.1. The average molecular weight is 738 g/mol. The van der Waals surface area contributed by atoms with Crippen molar-refractivity contribution in [2.45, 2.75) is 0 Å². The maximum absolute atomic E-state index is 13.9. The molecular formula is C51H32FN3O2. The summed E-state index contributed by atoms with van der Waals surface area (Å²) in [5, 5.41) is 4.29. The summed E-state index contributed by atoms with van der Waals surface area (Å²) in [7, 11) is 0. The number of benzene rings is 8. The van der Waals surface area contributed by atoms with Crippen molar-refractivity contribution in [3.63, 3.8) is 0 Å². The fourth-order valence-corrected chi connectivity index (χ4v) is 8.15. The van der Waals surface area contributed by atoms with Gasteiger partial charge in [0.2, 0.25) is 0 Å². The van der Waals surface area contributed by atoms with Crippen molar-refractivity contribution in [3.8, 4) is 33.8 Å². The molecule has 0 saturated carbocycles. The van der Waals surface area contributed by atoms with Gasteiger partial charge in [-0.05, 0) is 108 Å². The predicted octanol–water partition coefficient (Wildman–Crippen LogP) is 14.7. The van der Waals surface area contributed by atoms with Gasteiger partial charge in [0, 0.05) is 55.9 Å². The highest BCUT2D eigenvalue weighted by molar-refractivity contribution is 6.14. The predicted molar refractivity (Wildman–Crippen MR) is 229 cm³/mol. The first-order valence-corrected chi connectivity index (χ1v) is 18.9. The summed E-state index contributed by atoms with van der Waals surface area (Å²) in [5.74, 6) is 2.03. The van der Waals surface area contributed by atoms with Crippen LogP contribution in [0.25, 0.3) is 55.0 Å². The summed E-state index contributed by atoms with van der Waals surface area (Å²) >= 11 is 0. The lowest BCUT2D eigenvalue weighted by Gasteiger charge is -2.29. The van der Waals surface area contributed by atoms with Crippen molar-refractivity contribution >= 4 is 67.0 Å². The summed E-state index contributed by atoms with van der Waals surface area (Å²) in [6.45, 7) is 0. The number of para-hydroxylation sites is 4. The van der Waals surface area contributed by atoms with E-state index < -0.39 is 0 Å². The van der Waals surface area contributed by atoms with Gasteiger partial charge in [-0.2, -0.15) is 0 Å². The van der Waals surface area contributed by atoms with Crippen LogP contribution in [0.4, 0.5) is 38.6 Å². The van der Waals surface area contributed by atoms with Gasteiger partial charge in [0.15, 0.2) is 5.58 Å². The molecule has 11 rings (SSSR count). The molecule has 57 heavy (non-hydrogen) atoms. The Morgan fingerprint density at radius 1 is 0.456 bits per heavy atom. The minimum atomic E-state index is -0.282. The molecule has 0 atom stereocenters. The molecule has 0 saturated heterocycles. The third-order valence-electron chi connectivity index (χ3n) is 10.8. The number of rotatable bonds is 7. The van der Waals surface area contributed by atoms with E-state index >= 15 is 0 Å². The van der Waals surface area contributed by atoms with Gasteiger partial charge < -0.3 is 14.1 Å². The fourth-order valence-electron chi connectivity index (χ4n) is 8.15. The van der Waals surface area contributed by atoms with Crippen LogP contribution in [0.3, 0.4) is 0 Å². The lowest BCUT2D eigenvalue weighted by Crippen LogP contribution is -2.11. The van der Waals surface area contributed by atoms with Crippen molar-refractivity contribution in [2.24, 2.45) is 0 Å². The zero-order chi connectivity index (χ0) is 37.9. The van der Waals surface area contributed by atoms with Gasteiger partial charge in [-0.25, -0.2) is 9.37 Å². The Morgan fingerprint density at radius 2 is 1.12 bits per heavy atom. The molecule has 3 heterocycles. The van der Waals surface area contributed by atoms with Gasteiger partial charge in [0.05, 0.1) is 11.4 Å². The molecule has 5 nitrogen and oxygen atoms in total. The maximum atomic E-state index is 13.9. The topological polar surface area (TPSA) is 41.7 Å². The van der Waals surface area contributed by atoms with E-state index in [9.17, 15) is 4.39 Å². The molecule has 270 valence electrons. The third kappa shape index (κ3) is 5.49. The first kappa shape index (κ1) is 32.7. The average Bonchev–Trinajstić information content (AvgIpc) is 3.66. The molecule has 2 aromatic heterocycles. The van der Waals surface area contributed by atoms with Crippen LogP contribution in [0.2, 0.25) is 0 Å². The van der Waals surface area contributed by atoms with Gasteiger partial charge in [0.25, 0.3) is 0 Å². The lowest BCUT2D eigenvalue weighted by atomic mass is 9.92. The van der Waals surface area contributed by atoms with Gasteiger partial charge in [-0.3, -0.25) is 4.90 Å². The van der Waals surface area contributed by atoms with Crippen LogP contribution in [-0.2, 0) is 0 Å². The second-order valence-corrected chi connectivity index (χ2v) is 14.1. The molecule has 0 spiro atoms. The van der Waals surface area contributed by atoms with Gasteiger partial charge >= 0.3 is 0 Å². The maximum Gasteiger partial charge on any atom is 0.159 e. The Balaban J connectivity index is 0.990. The van der Waals surface area contributed by atoms with Crippen LogP contribution in [0.15, 0.2) is 199 Å². The number of halogens is 1. The zero-order valence-electron chi connectivity index (χ0n) is 30.5. The van der Waals surface area contributed by atoms with Crippen LogP contribution < -0.4 is 14.5 Å². The second kappa shape index (κ2) is 13.3. The van der Waals surface area contributed by atoms with Crippen LogP contribution >= 0.6 is 0 Å². The van der Waals surface area contributed by atoms with Crippen molar-refractivity contribution in [3.05, 3.63) is 200 Å². The highest BCUT2D eigenvalue weighted by Crippen LogP contribution is 2.52. The summed E-state index contributed by atoms with van der Waals surface area (Å²) in [6.07, 6.45) is 1.88. The Morgan fingerprint density at radius 3 is 1.91 bits per heavy atom. The molecule has 6 heteroatoms. The molecule has 1 aliphatic rings.